The van der Waals surface area contributed by atoms with Crippen LogP contribution in [-0.2, 0) is 0 Å². The molecule has 0 aliphatic rings. The molecule has 1 aromatic rings. The first kappa shape index (κ1) is 14.6. The number of hydrazone groups is 1. The minimum atomic E-state index is 0.471. The largest absolute Gasteiger partial charge is 0.331 e. The van der Waals surface area contributed by atoms with Gasteiger partial charge in [0.2, 0.25) is 0 Å². The first-order valence-electron chi connectivity index (χ1n) is 6.21. The number of nitrogens with zero attached hydrogens (tertiary/aromatic N) is 1. The molecule has 98 valence electrons. The summed E-state index contributed by atoms with van der Waals surface area (Å²) in [5.41, 5.74) is 6.11. The average molecular weight is 263 g/mol. The van der Waals surface area contributed by atoms with Gasteiger partial charge < -0.3 is 5.32 Å². The van der Waals surface area contributed by atoms with Gasteiger partial charge in [-0.2, -0.15) is 5.10 Å². The highest BCUT2D eigenvalue weighted by Gasteiger charge is 2.03. The van der Waals surface area contributed by atoms with Gasteiger partial charge in [-0.1, -0.05) is 32.0 Å². The van der Waals surface area contributed by atoms with Crippen molar-refractivity contribution < 1.29 is 0 Å². The van der Waals surface area contributed by atoms with E-state index in [1.54, 1.807) is 0 Å². The van der Waals surface area contributed by atoms with Gasteiger partial charge in [-0.15, -0.1) is 0 Å². The Hall–Kier alpha value is -1.42. The number of rotatable bonds is 4. The summed E-state index contributed by atoms with van der Waals surface area (Å²) in [5, 5.41) is 7.94. The molecule has 0 saturated heterocycles. The molecule has 0 aliphatic carbocycles. The molecule has 0 aromatic heterocycles. The molecule has 0 unspecified atom stereocenters. The number of anilines is 1. The molecule has 0 amide bonds. The molecule has 0 saturated carbocycles. The van der Waals surface area contributed by atoms with E-state index in [-0.39, 0.29) is 0 Å². The SMILES string of the molecule is CC[C@H](C)/C(C)=N\NC(=S)Nc1ccccc1C. The highest BCUT2D eigenvalue weighted by Crippen LogP contribution is 2.12. The molecular weight excluding hydrogens is 242 g/mol. The molecule has 0 heterocycles. The Morgan fingerprint density at radius 3 is 2.67 bits per heavy atom. The molecule has 18 heavy (non-hydrogen) atoms. The molecule has 0 aliphatic heterocycles. The Morgan fingerprint density at radius 1 is 1.39 bits per heavy atom. The predicted octanol–water partition coefficient (Wildman–Crippen LogP) is 3.70. The zero-order valence-corrected chi connectivity index (χ0v) is 12.3. The van der Waals surface area contributed by atoms with E-state index >= 15 is 0 Å². The molecule has 0 bridgehead atoms. The topological polar surface area (TPSA) is 36.4 Å². The monoisotopic (exact) mass is 263 g/mol. The highest BCUT2D eigenvalue weighted by atomic mass is 32.1. The standard InChI is InChI=1S/C14H21N3S/c1-5-10(2)12(4)16-17-14(18)15-13-9-7-6-8-11(13)3/h6-10H,5H2,1-4H3,(H2,15,17,18)/b16-12-/t10-/m0/s1. The highest BCUT2D eigenvalue weighted by molar-refractivity contribution is 7.80. The van der Waals surface area contributed by atoms with Crippen LogP contribution < -0.4 is 10.7 Å². The maximum Gasteiger partial charge on any atom is 0.191 e. The van der Waals surface area contributed by atoms with E-state index in [0.717, 1.165) is 23.4 Å². The summed E-state index contributed by atoms with van der Waals surface area (Å²) in [5.74, 6) is 0.471. The van der Waals surface area contributed by atoms with Crippen LogP contribution in [0.4, 0.5) is 5.69 Å². The third kappa shape index (κ3) is 4.45. The van der Waals surface area contributed by atoms with Crippen LogP contribution in [-0.4, -0.2) is 10.8 Å². The van der Waals surface area contributed by atoms with E-state index in [1.807, 2.05) is 38.1 Å². The van der Waals surface area contributed by atoms with E-state index in [2.05, 4.69) is 29.7 Å². The Bertz CT molecular complexity index is 440. The number of hydrogen-bond donors (Lipinski definition) is 2. The zero-order chi connectivity index (χ0) is 13.5. The minimum absolute atomic E-state index is 0.471. The van der Waals surface area contributed by atoms with Gasteiger partial charge in [0.05, 0.1) is 0 Å². The number of nitrogens with one attached hydrogen (secondary N) is 2. The van der Waals surface area contributed by atoms with Crippen LogP contribution in [0.2, 0.25) is 0 Å². The first-order valence-corrected chi connectivity index (χ1v) is 6.62. The lowest BCUT2D eigenvalue weighted by Gasteiger charge is -2.11. The van der Waals surface area contributed by atoms with Crippen molar-refractivity contribution in [2.45, 2.75) is 34.1 Å². The van der Waals surface area contributed by atoms with E-state index in [0.29, 0.717) is 11.0 Å². The Labute approximate surface area is 115 Å². The first-order chi connectivity index (χ1) is 8.54. The van der Waals surface area contributed by atoms with Crippen LogP contribution in [0.5, 0.6) is 0 Å². The van der Waals surface area contributed by atoms with Crippen LogP contribution in [0.3, 0.4) is 0 Å². The summed E-state index contributed by atoms with van der Waals surface area (Å²) in [7, 11) is 0. The van der Waals surface area contributed by atoms with Gasteiger partial charge in [0, 0.05) is 11.4 Å². The van der Waals surface area contributed by atoms with E-state index in [1.165, 1.54) is 0 Å². The fourth-order valence-corrected chi connectivity index (χ4v) is 1.56. The Morgan fingerprint density at radius 2 is 2.06 bits per heavy atom. The molecule has 4 heteroatoms. The van der Waals surface area contributed by atoms with Crippen molar-refractivity contribution in [3.63, 3.8) is 0 Å². The second-order valence-corrected chi connectivity index (χ2v) is 4.85. The van der Waals surface area contributed by atoms with Gasteiger partial charge in [0.1, 0.15) is 0 Å². The van der Waals surface area contributed by atoms with Crippen molar-refractivity contribution in [1.82, 2.24) is 5.43 Å². The lowest BCUT2D eigenvalue weighted by Crippen LogP contribution is -2.26. The van der Waals surface area contributed by atoms with Crippen molar-refractivity contribution >= 4 is 28.7 Å². The molecule has 2 N–H and O–H groups in total. The number of benzene rings is 1. The predicted molar refractivity (Wildman–Crippen MR) is 83.1 cm³/mol. The summed E-state index contributed by atoms with van der Waals surface area (Å²) in [6.45, 7) is 8.35. The summed E-state index contributed by atoms with van der Waals surface area (Å²) in [4.78, 5) is 0. The molecular formula is C14H21N3S. The summed E-state index contributed by atoms with van der Waals surface area (Å²) in [6.07, 6.45) is 1.08. The van der Waals surface area contributed by atoms with Crippen molar-refractivity contribution in [3.05, 3.63) is 29.8 Å². The summed E-state index contributed by atoms with van der Waals surface area (Å²) >= 11 is 5.21. The Balaban J connectivity index is 2.55. The quantitative estimate of drug-likeness (QED) is 0.494. The Kier molecular flexibility index (Phi) is 5.78. The van der Waals surface area contributed by atoms with Crippen LogP contribution in [0.15, 0.2) is 29.4 Å². The third-order valence-electron chi connectivity index (χ3n) is 3.05. The summed E-state index contributed by atoms with van der Waals surface area (Å²) in [6, 6.07) is 8.01. The van der Waals surface area contributed by atoms with Gasteiger partial charge in [0.15, 0.2) is 5.11 Å². The fraction of sp³-hybridized carbons (Fsp3) is 0.429. The van der Waals surface area contributed by atoms with Gasteiger partial charge in [-0.3, -0.25) is 5.43 Å². The normalized spacial score (nSPS) is 13.0. The van der Waals surface area contributed by atoms with Crippen LogP contribution in [0.25, 0.3) is 0 Å². The molecule has 1 aromatic carbocycles. The van der Waals surface area contributed by atoms with Gasteiger partial charge in [-0.25, -0.2) is 0 Å². The molecule has 0 fully saturated rings. The smallest absolute Gasteiger partial charge is 0.191 e. The number of para-hydroxylation sites is 1. The van der Waals surface area contributed by atoms with Gasteiger partial charge in [-0.05, 0) is 50.0 Å². The van der Waals surface area contributed by atoms with Crippen LogP contribution >= 0.6 is 12.2 Å². The molecule has 0 spiro atoms. The van der Waals surface area contributed by atoms with Gasteiger partial charge in [0.25, 0.3) is 0 Å². The van der Waals surface area contributed by atoms with Crippen molar-refractivity contribution in [1.29, 1.82) is 0 Å². The zero-order valence-electron chi connectivity index (χ0n) is 11.4. The lowest BCUT2D eigenvalue weighted by atomic mass is 10.1. The van der Waals surface area contributed by atoms with Crippen molar-refractivity contribution in [2.75, 3.05) is 5.32 Å². The number of aryl methyl sites for hydroxylation is 1. The van der Waals surface area contributed by atoms with Crippen molar-refractivity contribution in [2.24, 2.45) is 11.0 Å². The molecule has 3 nitrogen and oxygen atoms in total. The molecule has 1 rings (SSSR count). The van der Waals surface area contributed by atoms with E-state index < -0.39 is 0 Å². The van der Waals surface area contributed by atoms with Crippen LogP contribution in [0.1, 0.15) is 32.8 Å². The third-order valence-corrected chi connectivity index (χ3v) is 3.25. The maximum absolute atomic E-state index is 5.21. The molecule has 1 atom stereocenters. The second-order valence-electron chi connectivity index (χ2n) is 4.44. The fourth-order valence-electron chi connectivity index (χ4n) is 1.41. The van der Waals surface area contributed by atoms with Crippen LogP contribution in [0, 0.1) is 12.8 Å². The van der Waals surface area contributed by atoms with Gasteiger partial charge >= 0.3 is 0 Å². The summed E-state index contributed by atoms with van der Waals surface area (Å²) < 4.78 is 0. The maximum atomic E-state index is 5.21. The van der Waals surface area contributed by atoms with Crippen molar-refractivity contribution in [3.8, 4) is 0 Å². The number of thiocarbonyl (C=S) groups is 1. The average Bonchev–Trinajstić information content (AvgIpc) is 2.37. The van der Waals surface area contributed by atoms with E-state index in [9.17, 15) is 0 Å². The number of hydrogen-bond acceptors (Lipinski definition) is 2. The second kappa shape index (κ2) is 7.11. The molecule has 0 radical (unpaired) electrons. The van der Waals surface area contributed by atoms with E-state index in [4.69, 9.17) is 12.2 Å². The lowest BCUT2D eigenvalue weighted by molar-refractivity contribution is 0.727. The minimum Gasteiger partial charge on any atom is -0.331 e.